The number of nitrogen functional groups attached to an aromatic ring is 1. The Morgan fingerprint density at radius 1 is 1.38 bits per heavy atom. The molecular weight excluding hydrogens is 262 g/mol. The lowest BCUT2D eigenvalue weighted by Crippen LogP contribution is -2.32. The summed E-state index contributed by atoms with van der Waals surface area (Å²) in [4.78, 5) is 14.4. The second kappa shape index (κ2) is 6.83. The highest BCUT2D eigenvalue weighted by Crippen LogP contribution is 2.28. The van der Waals surface area contributed by atoms with Crippen molar-refractivity contribution in [1.82, 2.24) is 5.32 Å². The van der Waals surface area contributed by atoms with Gasteiger partial charge in [-0.15, -0.1) is 0 Å². The fourth-order valence-electron chi connectivity index (χ4n) is 3.20. The molecule has 1 amide bonds. The van der Waals surface area contributed by atoms with Crippen LogP contribution in [-0.4, -0.2) is 26.5 Å². The van der Waals surface area contributed by atoms with Gasteiger partial charge in [0.1, 0.15) is 0 Å². The maximum atomic E-state index is 12.5. The molecule has 1 aliphatic rings. The molecule has 1 aromatic rings. The Labute approximate surface area is 127 Å². The summed E-state index contributed by atoms with van der Waals surface area (Å²) in [6, 6.07) is 5.48. The van der Waals surface area contributed by atoms with Gasteiger partial charge < -0.3 is 16.0 Å². The molecule has 0 bridgehead atoms. The van der Waals surface area contributed by atoms with E-state index in [9.17, 15) is 4.79 Å². The predicted molar refractivity (Wildman–Crippen MR) is 88.6 cm³/mol. The summed E-state index contributed by atoms with van der Waals surface area (Å²) in [5.74, 6) is 1.37. The van der Waals surface area contributed by atoms with Crippen molar-refractivity contribution >= 4 is 17.3 Å². The Hall–Kier alpha value is -1.71. The normalized spacial score (nSPS) is 21.9. The highest BCUT2D eigenvalue weighted by molar-refractivity contribution is 6.00. The van der Waals surface area contributed by atoms with Gasteiger partial charge in [0.15, 0.2) is 0 Å². The lowest BCUT2D eigenvalue weighted by atomic mass is 9.82. The molecule has 1 saturated carbocycles. The van der Waals surface area contributed by atoms with E-state index in [4.69, 9.17) is 5.73 Å². The highest BCUT2D eigenvalue weighted by atomic mass is 16.1. The number of benzene rings is 1. The third-order valence-corrected chi connectivity index (χ3v) is 4.34. The first-order chi connectivity index (χ1) is 9.97. The Bertz CT molecular complexity index is 499. The molecular formula is C17H27N3O. The Kier molecular flexibility index (Phi) is 5.10. The largest absolute Gasteiger partial charge is 0.399 e. The van der Waals surface area contributed by atoms with E-state index in [1.807, 2.05) is 31.1 Å². The van der Waals surface area contributed by atoms with Crippen molar-refractivity contribution in [3.05, 3.63) is 23.8 Å². The van der Waals surface area contributed by atoms with Crippen LogP contribution >= 0.6 is 0 Å². The van der Waals surface area contributed by atoms with E-state index in [0.717, 1.165) is 18.2 Å². The van der Waals surface area contributed by atoms with Crippen molar-refractivity contribution in [3.63, 3.8) is 0 Å². The number of nitrogens with two attached hydrogens (primary N) is 1. The third kappa shape index (κ3) is 4.13. The van der Waals surface area contributed by atoms with Gasteiger partial charge in [0, 0.05) is 32.0 Å². The van der Waals surface area contributed by atoms with Gasteiger partial charge in [-0.3, -0.25) is 4.79 Å². The fraction of sp³-hybridized carbons (Fsp3) is 0.588. The molecule has 116 valence electrons. The van der Waals surface area contributed by atoms with Gasteiger partial charge in [0.25, 0.3) is 5.91 Å². The summed E-state index contributed by atoms with van der Waals surface area (Å²) in [6.07, 6.45) is 5.05. The van der Waals surface area contributed by atoms with Crippen LogP contribution in [0.5, 0.6) is 0 Å². The molecule has 0 saturated heterocycles. The average Bonchev–Trinajstić information content (AvgIpc) is 2.44. The monoisotopic (exact) mass is 289 g/mol. The van der Waals surface area contributed by atoms with Crippen LogP contribution < -0.4 is 16.0 Å². The molecule has 2 rings (SSSR count). The molecule has 0 spiro atoms. The smallest absolute Gasteiger partial charge is 0.253 e. The second-order valence-corrected chi connectivity index (χ2v) is 6.52. The molecule has 0 heterocycles. The summed E-state index contributed by atoms with van der Waals surface area (Å²) in [6.45, 7) is 3.07. The van der Waals surface area contributed by atoms with Gasteiger partial charge in [-0.05, 0) is 42.9 Å². The fourth-order valence-corrected chi connectivity index (χ4v) is 3.20. The van der Waals surface area contributed by atoms with E-state index in [0.29, 0.717) is 17.2 Å². The number of carbonyl (C=O) groups excluding carboxylic acids is 1. The zero-order valence-electron chi connectivity index (χ0n) is 13.4. The van der Waals surface area contributed by atoms with Crippen LogP contribution in [0.3, 0.4) is 0 Å². The number of anilines is 2. The summed E-state index contributed by atoms with van der Waals surface area (Å²) in [5.41, 5.74) is 8.00. The van der Waals surface area contributed by atoms with Crippen LogP contribution in [0.1, 0.15) is 43.0 Å². The number of amides is 1. The molecule has 3 N–H and O–H groups in total. The van der Waals surface area contributed by atoms with Crippen LogP contribution in [0.2, 0.25) is 0 Å². The van der Waals surface area contributed by atoms with Gasteiger partial charge in [-0.1, -0.05) is 19.8 Å². The van der Waals surface area contributed by atoms with Crippen LogP contribution in [0.25, 0.3) is 0 Å². The lowest BCUT2D eigenvalue weighted by Gasteiger charge is -2.27. The Morgan fingerprint density at radius 2 is 2.14 bits per heavy atom. The Morgan fingerprint density at radius 3 is 2.81 bits per heavy atom. The lowest BCUT2D eigenvalue weighted by molar-refractivity contribution is 0.0941. The summed E-state index contributed by atoms with van der Waals surface area (Å²) >= 11 is 0. The highest BCUT2D eigenvalue weighted by Gasteiger charge is 2.20. The van der Waals surface area contributed by atoms with Crippen LogP contribution in [-0.2, 0) is 0 Å². The van der Waals surface area contributed by atoms with Crippen molar-refractivity contribution < 1.29 is 4.79 Å². The molecule has 2 atom stereocenters. The van der Waals surface area contributed by atoms with E-state index < -0.39 is 0 Å². The number of hydrogen-bond donors (Lipinski definition) is 2. The van der Waals surface area contributed by atoms with Crippen LogP contribution in [0.4, 0.5) is 11.4 Å². The zero-order chi connectivity index (χ0) is 15.4. The average molecular weight is 289 g/mol. The third-order valence-electron chi connectivity index (χ3n) is 4.34. The van der Waals surface area contributed by atoms with Gasteiger partial charge >= 0.3 is 0 Å². The SMILES string of the molecule is CC1CCCC(CNC(=O)c2cc(N)ccc2N(C)C)C1. The minimum atomic E-state index is -0.0239. The van der Waals surface area contributed by atoms with E-state index in [2.05, 4.69) is 12.2 Å². The maximum absolute atomic E-state index is 12.5. The van der Waals surface area contributed by atoms with E-state index in [1.165, 1.54) is 25.7 Å². The predicted octanol–water partition coefficient (Wildman–Crippen LogP) is 2.89. The van der Waals surface area contributed by atoms with Crippen LogP contribution in [0, 0.1) is 11.8 Å². The zero-order valence-corrected chi connectivity index (χ0v) is 13.4. The van der Waals surface area contributed by atoms with Gasteiger partial charge in [-0.2, -0.15) is 0 Å². The molecule has 4 heteroatoms. The summed E-state index contributed by atoms with van der Waals surface area (Å²) in [7, 11) is 3.87. The molecule has 4 nitrogen and oxygen atoms in total. The molecule has 1 fully saturated rings. The van der Waals surface area contributed by atoms with Crippen molar-refractivity contribution in [1.29, 1.82) is 0 Å². The standard InChI is InChI=1S/C17H27N3O/c1-12-5-4-6-13(9-12)11-19-17(21)15-10-14(18)7-8-16(15)20(2)3/h7-8,10,12-13H,4-6,9,11,18H2,1-3H3,(H,19,21). The number of carbonyl (C=O) groups is 1. The molecule has 1 aromatic carbocycles. The van der Waals surface area contributed by atoms with Gasteiger partial charge in [0.05, 0.1) is 5.56 Å². The second-order valence-electron chi connectivity index (χ2n) is 6.52. The van der Waals surface area contributed by atoms with Crippen LogP contribution in [0.15, 0.2) is 18.2 Å². The topological polar surface area (TPSA) is 58.4 Å². The Balaban J connectivity index is 2.01. The van der Waals surface area contributed by atoms with Crippen molar-refractivity contribution in [2.75, 3.05) is 31.3 Å². The first-order valence-electron chi connectivity index (χ1n) is 7.82. The first-order valence-corrected chi connectivity index (χ1v) is 7.82. The van der Waals surface area contributed by atoms with Crippen molar-refractivity contribution in [3.8, 4) is 0 Å². The minimum absolute atomic E-state index is 0.0239. The molecule has 0 aliphatic heterocycles. The minimum Gasteiger partial charge on any atom is -0.399 e. The molecule has 0 aromatic heterocycles. The van der Waals surface area contributed by atoms with Gasteiger partial charge in [-0.25, -0.2) is 0 Å². The molecule has 1 aliphatic carbocycles. The molecule has 0 radical (unpaired) electrons. The number of nitrogens with zero attached hydrogens (tertiary/aromatic N) is 1. The van der Waals surface area contributed by atoms with Gasteiger partial charge in [0.2, 0.25) is 0 Å². The summed E-state index contributed by atoms with van der Waals surface area (Å²) < 4.78 is 0. The first kappa shape index (κ1) is 15.7. The van der Waals surface area contributed by atoms with Crippen molar-refractivity contribution in [2.24, 2.45) is 11.8 Å². The molecule has 21 heavy (non-hydrogen) atoms. The number of hydrogen-bond acceptors (Lipinski definition) is 3. The quantitative estimate of drug-likeness (QED) is 0.838. The van der Waals surface area contributed by atoms with Crippen molar-refractivity contribution in [2.45, 2.75) is 32.6 Å². The number of nitrogens with one attached hydrogen (secondary N) is 1. The van der Waals surface area contributed by atoms with E-state index in [1.54, 1.807) is 6.07 Å². The summed E-state index contributed by atoms with van der Waals surface area (Å²) in [5, 5.41) is 3.09. The van der Waals surface area contributed by atoms with E-state index >= 15 is 0 Å². The molecule has 2 unspecified atom stereocenters. The maximum Gasteiger partial charge on any atom is 0.253 e. The number of rotatable bonds is 4. The van der Waals surface area contributed by atoms with E-state index in [-0.39, 0.29) is 5.91 Å².